The average molecular weight is 425 g/mol. The van der Waals surface area contributed by atoms with Gasteiger partial charge in [0.1, 0.15) is 17.2 Å². The van der Waals surface area contributed by atoms with Gasteiger partial charge in [0.2, 0.25) is 0 Å². The normalized spacial score (nSPS) is 11.0. The molecular formula is C27H36O4. The molecule has 2 aromatic carbocycles. The minimum Gasteiger partial charge on any atom is -0.494 e. The number of aryl methyl sites for hydroxylation is 1. The Bertz CT molecular complexity index is 837. The van der Waals surface area contributed by atoms with Crippen LogP contribution in [-0.4, -0.2) is 25.6 Å². The monoisotopic (exact) mass is 424 g/mol. The molecule has 0 aliphatic carbocycles. The minimum absolute atomic E-state index is 0.0533. The summed E-state index contributed by atoms with van der Waals surface area (Å²) in [5.74, 6) is 2.31. The van der Waals surface area contributed by atoms with Crippen LogP contribution in [0, 0.1) is 6.92 Å². The highest BCUT2D eigenvalue weighted by molar-refractivity contribution is 6.07. The molecule has 0 N–H and O–H groups in total. The number of hydrogen-bond donors (Lipinski definition) is 0. The molecule has 2 rings (SSSR count). The first-order chi connectivity index (χ1) is 15.1. The fraction of sp³-hybridized carbons (Fsp3) is 0.444. The van der Waals surface area contributed by atoms with Crippen LogP contribution in [0.5, 0.6) is 17.2 Å². The number of allylic oxidation sites excluding steroid dienone is 1. The zero-order chi connectivity index (χ0) is 22.5. The van der Waals surface area contributed by atoms with Gasteiger partial charge in [0.15, 0.2) is 5.78 Å². The number of carbonyl (C=O) groups is 1. The SMILES string of the molecule is CCCCOc1cc(OCCCC)c(/C=C/C(=O)c2ccc(OCCC)cc2)cc1C. The van der Waals surface area contributed by atoms with Crippen molar-refractivity contribution in [3.8, 4) is 17.2 Å². The van der Waals surface area contributed by atoms with Crippen molar-refractivity contribution in [2.45, 2.75) is 59.8 Å². The highest BCUT2D eigenvalue weighted by Crippen LogP contribution is 2.30. The van der Waals surface area contributed by atoms with E-state index >= 15 is 0 Å². The van der Waals surface area contributed by atoms with Crippen LogP contribution in [0.15, 0.2) is 42.5 Å². The van der Waals surface area contributed by atoms with Crippen molar-refractivity contribution in [3.05, 3.63) is 59.2 Å². The van der Waals surface area contributed by atoms with Gasteiger partial charge in [-0.05, 0) is 74.2 Å². The quantitative estimate of drug-likeness (QED) is 0.185. The maximum atomic E-state index is 12.6. The summed E-state index contributed by atoms with van der Waals surface area (Å²) in [5, 5.41) is 0. The number of ketones is 1. The second-order valence-corrected chi connectivity index (χ2v) is 7.63. The highest BCUT2D eigenvalue weighted by Gasteiger charge is 2.10. The molecule has 0 radical (unpaired) electrons. The van der Waals surface area contributed by atoms with Crippen LogP contribution < -0.4 is 14.2 Å². The van der Waals surface area contributed by atoms with Crippen molar-refractivity contribution in [3.63, 3.8) is 0 Å². The second-order valence-electron chi connectivity index (χ2n) is 7.63. The van der Waals surface area contributed by atoms with Crippen LogP contribution >= 0.6 is 0 Å². The van der Waals surface area contributed by atoms with Crippen molar-refractivity contribution in [2.75, 3.05) is 19.8 Å². The number of carbonyl (C=O) groups excluding carboxylic acids is 1. The van der Waals surface area contributed by atoms with E-state index in [1.165, 1.54) is 0 Å². The lowest BCUT2D eigenvalue weighted by Gasteiger charge is -2.14. The van der Waals surface area contributed by atoms with E-state index in [9.17, 15) is 4.79 Å². The summed E-state index contributed by atoms with van der Waals surface area (Å²) in [6, 6.07) is 11.2. The molecule has 168 valence electrons. The molecular weight excluding hydrogens is 388 g/mol. The Labute approximate surface area is 187 Å². The minimum atomic E-state index is -0.0533. The molecule has 0 aliphatic heterocycles. The molecule has 0 atom stereocenters. The van der Waals surface area contributed by atoms with E-state index in [1.807, 2.05) is 37.3 Å². The zero-order valence-corrected chi connectivity index (χ0v) is 19.4. The van der Waals surface area contributed by atoms with Gasteiger partial charge in [-0.15, -0.1) is 0 Å². The van der Waals surface area contributed by atoms with Gasteiger partial charge >= 0.3 is 0 Å². The Morgan fingerprint density at radius 1 is 0.806 bits per heavy atom. The van der Waals surface area contributed by atoms with E-state index in [0.29, 0.717) is 25.4 Å². The molecule has 0 amide bonds. The van der Waals surface area contributed by atoms with Crippen LogP contribution in [0.1, 0.15) is 74.4 Å². The molecule has 4 nitrogen and oxygen atoms in total. The molecule has 0 bridgehead atoms. The number of benzene rings is 2. The average Bonchev–Trinajstić information content (AvgIpc) is 2.78. The molecule has 31 heavy (non-hydrogen) atoms. The maximum Gasteiger partial charge on any atom is 0.185 e. The Hall–Kier alpha value is -2.75. The Balaban J connectivity index is 2.17. The molecule has 0 fully saturated rings. The van der Waals surface area contributed by atoms with Crippen molar-refractivity contribution in [1.82, 2.24) is 0 Å². The third-order valence-electron chi connectivity index (χ3n) is 4.84. The van der Waals surface area contributed by atoms with Gasteiger partial charge in [-0.2, -0.15) is 0 Å². The molecule has 0 saturated heterocycles. The van der Waals surface area contributed by atoms with Gasteiger partial charge in [0.05, 0.1) is 19.8 Å². The lowest BCUT2D eigenvalue weighted by atomic mass is 10.1. The molecule has 0 unspecified atom stereocenters. The summed E-state index contributed by atoms with van der Waals surface area (Å²) in [4.78, 5) is 12.6. The van der Waals surface area contributed by atoms with Crippen LogP contribution in [0.3, 0.4) is 0 Å². The van der Waals surface area contributed by atoms with Crippen molar-refractivity contribution in [2.24, 2.45) is 0 Å². The summed E-state index contributed by atoms with van der Waals surface area (Å²) in [6.45, 7) is 10.4. The lowest BCUT2D eigenvalue weighted by molar-refractivity contribution is 0.104. The van der Waals surface area contributed by atoms with Crippen LogP contribution in [0.25, 0.3) is 6.08 Å². The lowest BCUT2D eigenvalue weighted by Crippen LogP contribution is -2.02. The summed E-state index contributed by atoms with van der Waals surface area (Å²) in [7, 11) is 0. The van der Waals surface area contributed by atoms with E-state index < -0.39 is 0 Å². The third-order valence-corrected chi connectivity index (χ3v) is 4.84. The standard InChI is InChI=1S/C27H36O4/c1-5-8-17-30-26-20-27(31-18-9-6-2)23(19-21(26)4)12-15-25(28)22-10-13-24(14-11-22)29-16-7-3/h10-15,19-20H,5-9,16-18H2,1-4H3/b15-12+. The molecule has 0 heterocycles. The van der Waals surface area contributed by atoms with Gasteiger partial charge in [-0.25, -0.2) is 0 Å². The molecule has 0 saturated carbocycles. The summed E-state index contributed by atoms with van der Waals surface area (Å²) < 4.78 is 17.5. The number of ether oxygens (including phenoxy) is 3. The first-order valence-corrected chi connectivity index (χ1v) is 11.4. The topological polar surface area (TPSA) is 44.8 Å². The van der Waals surface area contributed by atoms with E-state index in [1.54, 1.807) is 18.2 Å². The van der Waals surface area contributed by atoms with Crippen LogP contribution in [0.2, 0.25) is 0 Å². The third kappa shape index (κ3) is 8.12. The van der Waals surface area contributed by atoms with Crippen molar-refractivity contribution in [1.29, 1.82) is 0 Å². The maximum absolute atomic E-state index is 12.6. The van der Waals surface area contributed by atoms with Gasteiger partial charge in [-0.3, -0.25) is 4.79 Å². The second kappa shape index (κ2) is 13.5. The Morgan fingerprint density at radius 3 is 2.06 bits per heavy atom. The molecule has 0 aliphatic rings. The smallest absolute Gasteiger partial charge is 0.185 e. The van der Waals surface area contributed by atoms with E-state index in [2.05, 4.69) is 20.8 Å². The summed E-state index contributed by atoms with van der Waals surface area (Å²) in [6.07, 6.45) is 8.53. The van der Waals surface area contributed by atoms with Gasteiger partial charge in [-0.1, -0.05) is 33.6 Å². The summed E-state index contributed by atoms with van der Waals surface area (Å²) in [5.41, 5.74) is 2.54. The first-order valence-electron chi connectivity index (χ1n) is 11.4. The first kappa shape index (κ1) is 24.5. The molecule has 4 heteroatoms. The molecule has 0 spiro atoms. The Kier molecular flexibility index (Phi) is 10.7. The van der Waals surface area contributed by atoms with Gasteiger partial charge < -0.3 is 14.2 Å². The molecule has 0 aromatic heterocycles. The van der Waals surface area contributed by atoms with Gasteiger partial charge in [0, 0.05) is 17.2 Å². The van der Waals surface area contributed by atoms with E-state index in [0.717, 1.165) is 60.5 Å². The Morgan fingerprint density at radius 2 is 1.45 bits per heavy atom. The van der Waals surface area contributed by atoms with Crippen molar-refractivity contribution < 1.29 is 19.0 Å². The van der Waals surface area contributed by atoms with Crippen LogP contribution in [0.4, 0.5) is 0 Å². The largest absolute Gasteiger partial charge is 0.494 e. The zero-order valence-electron chi connectivity index (χ0n) is 19.4. The van der Waals surface area contributed by atoms with Crippen LogP contribution in [-0.2, 0) is 0 Å². The number of rotatable bonds is 14. The predicted octanol–water partition coefficient (Wildman–Crippen LogP) is 7.04. The fourth-order valence-electron chi connectivity index (χ4n) is 2.95. The van der Waals surface area contributed by atoms with E-state index in [-0.39, 0.29) is 5.78 Å². The fourth-order valence-corrected chi connectivity index (χ4v) is 2.95. The number of hydrogen-bond acceptors (Lipinski definition) is 4. The number of unbranched alkanes of at least 4 members (excludes halogenated alkanes) is 2. The van der Waals surface area contributed by atoms with E-state index in [4.69, 9.17) is 14.2 Å². The van der Waals surface area contributed by atoms with Crippen molar-refractivity contribution >= 4 is 11.9 Å². The van der Waals surface area contributed by atoms with Gasteiger partial charge in [0.25, 0.3) is 0 Å². The molecule has 2 aromatic rings. The predicted molar refractivity (Wildman–Crippen MR) is 128 cm³/mol. The highest BCUT2D eigenvalue weighted by atomic mass is 16.5. The summed E-state index contributed by atoms with van der Waals surface area (Å²) >= 11 is 0.